The molecule has 1 aromatic carbocycles. The Morgan fingerprint density at radius 2 is 2.04 bits per heavy atom. The molecule has 3 rings (SSSR count). The summed E-state index contributed by atoms with van der Waals surface area (Å²) < 4.78 is 10.8. The van der Waals surface area contributed by atoms with Gasteiger partial charge in [0.2, 0.25) is 0 Å². The van der Waals surface area contributed by atoms with Crippen LogP contribution in [-0.4, -0.2) is 19.2 Å². The molecule has 0 aliphatic rings. The zero-order chi connectivity index (χ0) is 16.1. The number of thiazole rings is 1. The van der Waals surface area contributed by atoms with Crippen molar-refractivity contribution in [1.82, 2.24) is 10.3 Å². The van der Waals surface area contributed by atoms with Crippen molar-refractivity contribution in [3.63, 3.8) is 0 Å². The molecule has 120 valence electrons. The van der Waals surface area contributed by atoms with E-state index in [2.05, 4.69) is 27.8 Å². The SMILES string of the molecule is COc1ccc(OC)c(-c2cnc(CNCc3cccs3)s2)c1. The van der Waals surface area contributed by atoms with E-state index in [0.29, 0.717) is 0 Å². The van der Waals surface area contributed by atoms with Gasteiger partial charge in [0.25, 0.3) is 0 Å². The first-order valence-electron chi connectivity index (χ1n) is 7.20. The molecule has 0 saturated carbocycles. The highest BCUT2D eigenvalue weighted by atomic mass is 32.1. The third-order valence-electron chi connectivity index (χ3n) is 3.38. The predicted molar refractivity (Wildman–Crippen MR) is 95.5 cm³/mol. The van der Waals surface area contributed by atoms with Crippen LogP contribution in [0, 0.1) is 0 Å². The van der Waals surface area contributed by atoms with Crippen molar-refractivity contribution in [1.29, 1.82) is 0 Å². The number of hydrogen-bond acceptors (Lipinski definition) is 6. The van der Waals surface area contributed by atoms with E-state index in [1.54, 1.807) is 36.9 Å². The van der Waals surface area contributed by atoms with Crippen molar-refractivity contribution in [3.05, 3.63) is 51.8 Å². The second-order valence-electron chi connectivity index (χ2n) is 4.87. The van der Waals surface area contributed by atoms with Gasteiger partial charge in [-0.05, 0) is 29.6 Å². The molecule has 0 atom stereocenters. The Hall–Kier alpha value is -1.89. The topological polar surface area (TPSA) is 43.4 Å². The first-order chi connectivity index (χ1) is 11.3. The first kappa shape index (κ1) is 16.0. The third-order valence-corrected chi connectivity index (χ3v) is 5.29. The zero-order valence-corrected chi connectivity index (χ0v) is 14.7. The van der Waals surface area contributed by atoms with Crippen LogP contribution in [0.4, 0.5) is 0 Å². The minimum Gasteiger partial charge on any atom is -0.497 e. The van der Waals surface area contributed by atoms with Gasteiger partial charge in [-0.3, -0.25) is 0 Å². The smallest absolute Gasteiger partial charge is 0.127 e. The number of ether oxygens (including phenoxy) is 2. The van der Waals surface area contributed by atoms with E-state index in [1.807, 2.05) is 24.4 Å². The van der Waals surface area contributed by atoms with Crippen LogP contribution in [0.2, 0.25) is 0 Å². The van der Waals surface area contributed by atoms with Gasteiger partial charge in [0.05, 0.1) is 19.1 Å². The fourth-order valence-corrected chi connectivity index (χ4v) is 3.81. The lowest BCUT2D eigenvalue weighted by molar-refractivity contribution is 0.404. The van der Waals surface area contributed by atoms with E-state index in [9.17, 15) is 0 Å². The van der Waals surface area contributed by atoms with Gasteiger partial charge in [-0.15, -0.1) is 22.7 Å². The van der Waals surface area contributed by atoms with Crippen molar-refractivity contribution < 1.29 is 9.47 Å². The highest BCUT2D eigenvalue weighted by Gasteiger charge is 2.11. The lowest BCUT2D eigenvalue weighted by atomic mass is 10.1. The van der Waals surface area contributed by atoms with E-state index < -0.39 is 0 Å². The molecule has 2 aromatic heterocycles. The van der Waals surface area contributed by atoms with Gasteiger partial charge in [-0.2, -0.15) is 0 Å². The number of thiophene rings is 1. The Morgan fingerprint density at radius 3 is 2.78 bits per heavy atom. The van der Waals surface area contributed by atoms with Crippen LogP contribution >= 0.6 is 22.7 Å². The Balaban J connectivity index is 1.71. The maximum absolute atomic E-state index is 5.45. The minimum absolute atomic E-state index is 0.759. The Labute approximate surface area is 143 Å². The van der Waals surface area contributed by atoms with Crippen LogP contribution in [0.3, 0.4) is 0 Å². The number of rotatable bonds is 7. The Morgan fingerprint density at radius 1 is 1.13 bits per heavy atom. The monoisotopic (exact) mass is 346 g/mol. The minimum atomic E-state index is 0.759. The Bertz CT molecular complexity index is 754. The summed E-state index contributed by atoms with van der Waals surface area (Å²) in [6.45, 7) is 1.63. The molecule has 0 radical (unpaired) electrons. The van der Waals surface area contributed by atoms with Crippen LogP contribution in [0.1, 0.15) is 9.88 Å². The molecule has 0 bridgehead atoms. The van der Waals surface area contributed by atoms with Crippen LogP contribution in [0.5, 0.6) is 11.5 Å². The molecule has 0 amide bonds. The molecule has 0 spiro atoms. The number of benzene rings is 1. The number of nitrogens with one attached hydrogen (secondary N) is 1. The van der Waals surface area contributed by atoms with Gasteiger partial charge in [-0.1, -0.05) is 6.07 Å². The molecule has 1 N–H and O–H groups in total. The van der Waals surface area contributed by atoms with Gasteiger partial charge in [0.1, 0.15) is 16.5 Å². The summed E-state index contributed by atoms with van der Waals surface area (Å²) in [6.07, 6.45) is 1.89. The highest BCUT2D eigenvalue weighted by molar-refractivity contribution is 7.15. The fourth-order valence-electron chi connectivity index (χ4n) is 2.23. The van der Waals surface area contributed by atoms with E-state index in [0.717, 1.165) is 40.0 Å². The van der Waals surface area contributed by atoms with Crippen LogP contribution in [0.15, 0.2) is 41.9 Å². The first-order valence-corrected chi connectivity index (χ1v) is 8.90. The summed E-state index contributed by atoms with van der Waals surface area (Å²) in [5.41, 5.74) is 1.01. The molecular formula is C17H18N2O2S2. The Kier molecular flexibility index (Phi) is 5.27. The second kappa shape index (κ2) is 7.59. The third kappa shape index (κ3) is 3.90. The van der Waals surface area contributed by atoms with Gasteiger partial charge < -0.3 is 14.8 Å². The number of methoxy groups -OCH3 is 2. The predicted octanol–water partition coefficient (Wildman–Crippen LogP) is 4.18. The summed E-state index contributed by atoms with van der Waals surface area (Å²) in [6, 6.07) is 10.00. The molecule has 0 unspecified atom stereocenters. The number of nitrogens with zero attached hydrogens (tertiary/aromatic N) is 1. The summed E-state index contributed by atoms with van der Waals surface area (Å²) in [5.74, 6) is 1.64. The standard InChI is InChI=1S/C17H18N2O2S2/c1-20-12-5-6-15(21-2)14(8-12)16-10-19-17(23-16)11-18-9-13-4-3-7-22-13/h3-8,10,18H,9,11H2,1-2H3. The second-order valence-corrected chi connectivity index (χ2v) is 7.01. The molecule has 0 saturated heterocycles. The maximum atomic E-state index is 5.45. The molecular weight excluding hydrogens is 328 g/mol. The van der Waals surface area contributed by atoms with E-state index >= 15 is 0 Å². The van der Waals surface area contributed by atoms with Gasteiger partial charge in [0.15, 0.2) is 0 Å². The lowest BCUT2D eigenvalue weighted by Crippen LogP contribution is -2.11. The lowest BCUT2D eigenvalue weighted by Gasteiger charge is -2.08. The maximum Gasteiger partial charge on any atom is 0.127 e. The zero-order valence-electron chi connectivity index (χ0n) is 13.0. The molecule has 3 aromatic rings. The van der Waals surface area contributed by atoms with Crippen LogP contribution in [-0.2, 0) is 13.1 Å². The van der Waals surface area contributed by atoms with Crippen molar-refractivity contribution in [2.24, 2.45) is 0 Å². The molecule has 0 fully saturated rings. The normalized spacial score (nSPS) is 10.7. The molecule has 0 aliphatic heterocycles. The summed E-state index contributed by atoms with van der Waals surface area (Å²) >= 11 is 3.43. The van der Waals surface area contributed by atoms with Crippen LogP contribution in [0.25, 0.3) is 10.4 Å². The summed E-state index contributed by atoms with van der Waals surface area (Å²) in [4.78, 5) is 6.91. The van der Waals surface area contributed by atoms with Gasteiger partial charge in [0, 0.05) is 29.7 Å². The van der Waals surface area contributed by atoms with Crippen molar-refractivity contribution in [2.75, 3.05) is 14.2 Å². The average molecular weight is 346 g/mol. The van der Waals surface area contributed by atoms with Crippen LogP contribution < -0.4 is 14.8 Å². The highest BCUT2D eigenvalue weighted by Crippen LogP contribution is 2.36. The van der Waals surface area contributed by atoms with Crippen molar-refractivity contribution >= 4 is 22.7 Å². The average Bonchev–Trinajstić information content (AvgIpc) is 3.26. The van der Waals surface area contributed by atoms with E-state index in [4.69, 9.17) is 9.47 Å². The summed E-state index contributed by atoms with van der Waals surface area (Å²) in [5, 5.41) is 6.57. The molecule has 0 aliphatic carbocycles. The van der Waals surface area contributed by atoms with Gasteiger partial charge >= 0.3 is 0 Å². The quantitative estimate of drug-likeness (QED) is 0.697. The van der Waals surface area contributed by atoms with Crippen molar-refractivity contribution in [3.8, 4) is 21.9 Å². The van der Waals surface area contributed by atoms with Crippen molar-refractivity contribution in [2.45, 2.75) is 13.1 Å². The summed E-state index contributed by atoms with van der Waals surface area (Å²) in [7, 11) is 3.34. The molecule has 23 heavy (non-hydrogen) atoms. The molecule has 2 heterocycles. The van der Waals surface area contributed by atoms with E-state index in [-0.39, 0.29) is 0 Å². The molecule has 6 heteroatoms. The fraction of sp³-hybridized carbons (Fsp3) is 0.235. The number of hydrogen-bond donors (Lipinski definition) is 1. The van der Waals surface area contributed by atoms with E-state index in [1.165, 1.54) is 4.88 Å². The van der Waals surface area contributed by atoms with Gasteiger partial charge in [-0.25, -0.2) is 4.98 Å². The number of aromatic nitrogens is 1. The largest absolute Gasteiger partial charge is 0.497 e. The molecule has 4 nitrogen and oxygen atoms in total.